The minimum Gasteiger partial charge on any atom is -0.126 e. The molecule has 1 rings (SSSR count). The molecular weight excluding hydrogens is 343 g/mol. The third kappa shape index (κ3) is 4.95. The van der Waals surface area contributed by atoms with Gasteiger partial charge in [-0.05, 0) is 18.1 Å². The lowest BCUT2D eigenvalue weighted by atomic mass is 9.79. The lowest BCUT2D eigenvalue weighted by Gasteiger charge is -2.31. The molecule has 0 saturated carbocycles. The average molecular weight is 366 g/mol. The van der Waals surface area contributed by atoms with Crippen LogP contribution in [0.2, 0.25) is 0 Å². The van der Waals surface area contributed by atoms with Crippen LogP contribution in [0.3, 0.4) is 0 Å². The number of benzene rings is 1. The van der Waals surface area contributed by atoms with Crippen molar-refractivity contribution in [2.75, 3.05) is 11.8 Å². The minimum absolute atomic E-state index is 0.102. The first-order chi connectivity index (χ1) is 9.20. The van der Waals surface area contributed by atoms with Crippen molar-refractivity contribution in [2.24, 2.45) is 0 Å². The van der Waals surface area contributed by atoms with Crippen LogP contribution in [-0.2, 0) is 5.41 Å². The molecule has 0 aliphatic carbocycles. The normalized spacial score (nSPS) is 11.8. The number of rotatable bonds is 9. The van der Waals surface area contributed by atoms with E-state index in [-0.39, 0.29) is 5.41 Å². The van der Waals surface area contributed by atoms with E-state index < -0.39 is 0 Å². The molecule has 0 radical (unpaired) electrons. The highest BCUT2D eigenvalue weighted by atomic mass is 79.9. The van der Waals surface area contributed by atoms with Crippen LogP contribution in [-0.4, -0.2) is 11.8 Å². The third-order valence-corrected chi connectivity index (χ3v) is 5.43. The van der Waals surface area contributed by atoms with Gasteiger partial charge < -0.3 is 0 Å². The van der Waals surface area contributed by atoms with E-state index in [0.29, 0.717) is 11.8 Å². The van der Waals surface area contributed by atoms with E-state index in [4.69, 9.17) is 23.2 Å². The van der Waals surface area contributed by atoms with Gasteiger partial charge in [0.25, 0.3) is 0 Å². The number of hydrogen-bond acceptors (Lipinski definition) is 0. The molecule has 0 spiro atoms. The predicted octanol–water partition coefficient (Wildman–Crippen LogP) is 6.53. The van der Waals surface area contributed by atoms with E-state index in [9.17, 15) is 0 Å². The highest BCUT2D eigenvalue weighted by Gasteiger charge is 2.31. The molecule has 1 aromatic rings. The van der Waals surface area contributed by atoms with E-state index >= 15 is 0 Å². The maximum absolute atomic E-state index is 6.27. The van der Waals surface area contributed by atoms with Crippen LogP contribution in [0.4, 0.5) is 0 Å². The number of alkyl halides is 2. The van der Waals surface area contributed by atoms with Gasteiger partial charge in [0.1, 0.15) is 0 Å². The Bertz CT molecular complexity index is 362. The zero-order valence-corrected chi connectivity index (χ0v) is 14.7. The summed E-state index contributed by atoms with van der Waals surface area (Å²) in [7, 11) is 0. The SMILES string of the molecule is CCCCCCCC(CCl)(CCl)c1ccccc1Br. The van der Waals surface area contributed by atoms with Gasteiger partial charge >= 0.3 is 0 Å². The van der Waals surface area contributed by atoms with Crippen LogP contribution >= 0.6 is 39.1 Å². The second-order valence-electron chi connectivity index (χ2n) is 5.19. The van der Waals surface area contributed by atoms with Crippen molar-refractivity contribution in [1.82, 2.24) is 0 Å². The fraction of sp³-hybridized carbons (Fsp3) is 0.625. The lowest BCUT2D eigenvalue weighted by molar-refractivity contribution is 0.452. The largest absolute Gasteiger partial charge is 0.126 e. The van der Waals surface area contributed by atoms with Crippen LogP contribution in [0, 0.1) is 0 Å². The Labute approximate surface area is 136 Å². The fourth-order valence-electron chi connectivity index (χ4n) is 2.41. The topological polar surface area (TPSA) is 0 Å². The standard InChI is InChI=1S/C16H23BrCl2/c1-2-3-4-5-8-11-16(12-18,13-19)14-9-6-7-10-15(14)17/h6-7,9-10H,2-5,8,11-13H2,1H3. The molecule has 19 heavy (non-hydrogen) atoms. The van der Waals surface area contributed by atoms with Crippen LogP contribution in [0.25, 0.3) is 0 Å². The molecule has 0 aromatic heterocycles. The van der Waals surface area contributed by atoms with Gasteiger partial charge in [-0.15, -0.1) is 23.2 Å². The van der Waals surface area contributed by atoms with Gasteiger partial charge in [0.2, 0.25) is 0 Å². The van der Waals surface area contributed by atoms with E-state index in [1.807, 2.05) is 6.07 Å². The quantitative estimate of drug-likeness (QED) is 0.345. The Kier molecular flexibility index (Phi) is 8.45. The van der Waals surface area contributed by atoms with Crippen molar-refractivity contribution in [3.63, 3.8) is 0 Å². The second kappa shape index (κ2) is 9.26. The molecule has 1 aromatic carbocycles. The van der Waals surface area contributed by atoms with Crippen molar-refractivity contribution in [3.05, 3.63) is 34.3 Å². The van der Waals surface area contributed by atoms with Crippen molar-refractivity contribution < 1.29 is 0 Å². The molecule has 0 saturated heterocycles. The first-order valence-electron chi connectivity index (χ1n) is 7.07. The highest BCUT2D eigenvalue weighted by Crippen LogP contribution is 2.37. The summed E-state index contributed by atoms with van der Waals surface area (Å²) < 4.78 is 1.12. The molecule has 0 amide bonds. The maximum atomic E-state index is 6.27. The Morgan fingerprint density at radius 2 is 1.63 bits per heavy atom. The average Bonchev–Trinajstić information content (AvgIpc) is 2.44. The van der Waals surface area contributed by atoms with Gasteiger partial charge in [-0.1, -0.05) is 73.2 Å². The van der Waals surface area contributed by atoms with E-state index in [2.05, 4.69) is 41.1 Å². The van der Waals surface area contributed by atoms with Gasteiger partial charge in [-0.25, -0.2) is 0 Å². The Balaban J connectivity index is 2.71. The lowest BCUT2D eigenvalue weighted by Crippen LogP contribution is -2.31. The summed E-state index contributed by atoms with van der Waals surface area (Å²) in [5.41, 5.74) is 1.14. The van der Waals surface area contributed by atoms with Gasteiger partial charge in [0.05, 0.1) is 0 Å². The van der Waals surface area contributed by atoms with Crippen LogP contribution in [0.15, 0.2) is 28.7 Å². The summed E-state index contributed by atoms with van der Waals surface area (Å²) in [6.45, 7) is 2.24. The molecule has 0 fully saturated rings. The Morgan fingerprint density at radius 1 is 1.00 bits per heavy atom. The zero-order chi connectivity index (χ0) is 14.1. The molecular formula is C16H23BrCl2. The molecule has 0 nitrogen and oxygen atoms in total. The summed E-state index contributed by atoms with van der Waals surface area (Å²) in [6.07, 6.45) is 7.44. The first kappa shape index (κ1) is 17.3. The van der Waals surface area contributed by atoms with Gasteiger partial charge in [0.15, 0.2) is 0 Å². The molecule has 0 aliphatic heterocycles. The maximum Gasteiger partial charge on any atom is 0.0332 e. The second-order valence-corrected chi connectivity index (χ2v) is 6.58. The smallest absolute Gasteiger partial charge is 0.0332 e. The van der Waals surface area contributed by atoms with E-state index in [0.717, 1.165) is 10.9 Å². The third-order valence-electron chi connectivity index (χ3n) is 3.72. The predicted molar refractivity (Wildman–Crippen MR) is 90.6 cm³/mol. The van der Waals surface area contributed by atoms with Crippen molar-refractivity contribution in [3.8, 4) is 0 Å². The number of hydrogen-bond donors (Lipinski definition) is 0. The summed E-state index contributed by atoms with van der Waals surface area (Å²) in [5.74, 6) is 1.15. The fourth-order valence-corrected chi connectivity index (χ4v) is 3.95. The molecule has 0 aliphatic rings. The molecule has 0 atom stereocenters. The molecule has 0 heterocycles. The molecule has 3 heteroatoms. The van der Waals surface area contributed by atoms with Crippen molar-refractivity contribution >= 4 is 39.1 Å². The minimum atomic E-state index is -0.102. The number of halogens is 3. The summed E-state index contributed by atoms with van der Waals surface area (Å²) in [6, 6.07) is 8.30. The van der Waals surface area contributed by atoms with Crippen molar-refractivity contribution in [1.29, 1.82) is 0 Å². The summed E-state index contributed by atoms with van der Waals surface area (Å²) in [4.78, 5) is 0. The van der Waals surface area contributed by atoms with E-state index in [1.54, 1.807) is 0 Å². The first-order valence-corrected chi connectivity index (χ1v) is 8.93. The highest BCUT2D eigenvalue weighted by molar-refractivity contribution is 9.10. The summed E-state index contributed by atoms with van der Waals surface area (Å²) in [5, 5.41) is 0. The molecule has 0 N–H and O–H groups in total. The Morgan fingerprint density at radius 3 is 2.21 bits per heavy atom. The van der Waals surface area contributed by atoms with Gasteiger partial charge in [0, 0.05) is 21.6 Å². The molecule has 0 unspecified atom stereocenters. The molecule has 0 bridgehead atoms. The molecule has 108 valence electrons. The number of unbranched alkanes of at least 4 members (excludes halogenated alkanes) is 4. The zero-order valence-electron chi connectivity index (χ0n) is 11.6. The van der Waals surface area contributed by atoms with Crippen LogP contribution in [0.5, 0.6) is 0 Å². The van der Waals surface area contributed by atoms with Gasteiger partial charge in [-0.3, -0.25) is 0 Å². The monoisotopic (exact) mass is 364 g/mol. The Hall–Kier alpha value is 0.280. The van der Waals surface area contributed by atoms with Crippen LogP contribution in [0.1, 0.15) is 51.0 Å². The van der Waals surface area contributed by atoms with E-state index in [1.165, 1.54) is 37.7 Å². The summed E-state index contributed by atoms with van der Waals surface area (Å²) >= 11 is 16.2. The van der Waals surface area contributed by atoms with Crippen LogP contribution < -0.4 is 0 Å². The van der Waals surface area contributed by atoms with Gasteiger partial charge in [-0.2, -0.15) is 0 Å². The van der Waals surface area contributed by atoms with Crippen molar-refractivity contribution in [2.45, 2.75) is 50.9 Å².